The molecule has 1 aromatic rings. The molecule has 1 unspecified atom stereocenters. The summed E-state index contributed by atoms with van der Waals surface area (Å²) in [7, 11) is 1.50. The van der Waals surface area contributed by atoms with Crippen LogP contribution in [0.4, 0.5) is 5.69 Å². The van der Waals surface area contributed by atoms with Gasteiger partial charge in [-0.05, 0) is 18.6 Å². The molecule has 0 aromatic heterocycles. The van der Waals surface area contributed by atoms with Crippen molar-refractivity contribution in [3.8, 4) is 11.8 Å². The van der Waals surface area contributed by atoms with Gasteiger partial charge in [0.05, 0.1) is 19.4 Å². The Kier molecular flexibility index (Phi) is 6.78. The van der Waals surface area contributed by atoms with E-state index >= 15 is 0 Å². The molecular formula is C15H19N3O3. The summed E-state index contributed by atoms with van der Waals surface area (Å²) >= 11 is 0. The standard InChI is InChI=1S/C15H19N3O3/c1-3-12(10-19)17-9-11(8-16)15(20)18-13-6-4-5-7-14(13)21-2/h4-7,9,12,17,19H,3,10H2,1-2H3,(H,18,20)/b11-9-. The number of carbonyl (C=O) groups is 1. The van der Waals surface area contributed by atoms with Crippen LogP contribution in [0.5, 0.6) is 5.75 Å². The Morgan fingerprint density at radius 2 is 2.24 bits per heavy atom. The van der Waals surface area contributed by atoms with Gasteiger partial charge in [0.1, 0.15) is 17.4 Å². The molecule has 1 rings (SSSR count). The van der Waals surface area contributed by atoms with Crippen molar-refractivity contribution in [2.45, 2.75) is 19.4 Å². The Hall–Kier alpha value is -2.52. The fraction of sp³-hybridized carbons (Fsp3) is 0.333. The summed E-state index contributed by atoms with van der Waals surface area (Å²) in [5, 5.41) is 23.6. The van der Waals surface area contributed by atoms with Gasteiger partial charge in [0.2, 0.25) is 0 Å². The maximum Gasteiger partial charge on any atom is 0.267 e. The van der Waals surface area contributed by atoms with Crippen molar-refractivity contribution in [2.75, 3.05) is 19.0 Å². The second-order valence-corrected chi connectivity index (χ2v) is 4.28. The van der Waals surface area contributed by atoms with Gasteiger partial charge in [0.15, 0.2) is 0 Å². The highest BCUT2D eigenvalue weighted by molar-refractivity contribution is 6.07. The fourth-order valence-electron chi connectivity index (χ4n) is 1.59. The summed E-state index contributed by atoms with van der Waals surface area (Å²) < 4.78 is 5.13. The predicted molar refractivity (Wildman–Crippen MR) is 79.6 cm³/mol. The maximum absolute atomic E-state index is 12.0. The first kappa shape index (κ1) is 16.5. The number of rotatable bonds is 7. The Labute approximate surface area is 124 Å². The molecule has 0 radical (unpaired) electrons. The first-order chi connectivity index (χ1) is 10.2. The van der Waals surface area contributed by atoms with Gasteiger partial charge in [-0.25, -0.2) is 0 Å². The smallest absolute Gasteiger partial charge is 0.267 e. The Bertz CT molecular complexity index is 545. The molecule has 6 heteroatoms. The quantitative estimate of drug-likeness (QED) is 0.521. The van der Waals surface area contributed by atoms with Gasteiger partial charge < -0.3 is 20.5 Å². The van der Waals surface area contributed by atoms with Crippen LogP contribution in [-0.2, 0) is 4.79 Å². The average molecular weight is 289 g/mol. The third kappa shape index (κ3) is 4.82. The number of amides is 1. The van der Waals surface area contributed by atoms with Gasteiger partial charge in [0, 0.05) is 12.2 Å². The molecule has 21 heavy (non-hydrogen) atoms. The monoisotopic (exact) mass is 289 g/mol. The zero-order chi connectivity index (χ0) is 15.7. The number of ether oxygens (including phenoxy) is 1. The Morgan fingerprint density at radius 3 is 2.81 bits per heavy atom. The van der Waals surface area contributed by atoms with E-state index in [4.69, 9.17) is 15.1 Å². The molecule has 0 bridgehead atoms. The lowest BCUT2D eigenvalue weighted by Gasteiger charge is -2.12. The van der Waals surface area contributed by atoms with Crippen molar-refractivity contribution < 1.29 is 14.6 Å². The highest BCUT2D eigenvalue weighted by Gasteiger charge is 2.12. The molecule has 1 aromatic carbocycles. The molecule has 0 saturated heterocycles. The lowest BCUT2D eigenvalue weighted by atomic mass is 10.2. The molecular weight excluding hydrogens is 270 g/mol. The number of nitriles is 1. The van der Waals surface area contributed by atoms with Gasteiger partial charge in [-0.3, -0.25) is 4.79 Å². The summed E-state index contributed by atoms with van der Waals surface area (Å²) in [6.45, 7) is 1.82. The van der Waals surface area contributed by atoms with E-state index < -0.39 is 5.91 Å². The largest absolute Gasteiger partial charge is 0.495 e. The van der Waals surface area contributed by atoms with E-state index in [0.717, 1.165) is 0 Å². The molecule has 0 aliphatic heterocycles. The predicted octanol–water partition coefficient (Wildman–Crippen LogP) is 1.40. The number of hydrogen-bond donors (Lipinski definition) is 3. The number of carbonyl (C=O) groups excluding carboxylic acids is 1. The van der Waals surface area contributed by atoms with E-state index in [-0.39, 0.29) is 18.2 Å². The van der Waals surface area contributed by atoms with Gasteiger partial charge in [-0.1, -0.05) is 19.1 Å². The Morgan fingerprint density at radius 1 is 1.52 bits per heavy atom. The lowest BCUT2D eigenvalue weighted by molar-refractivity contribution is -0.112. The molecule has 0 fully saturated rings. The summed E-state index contributed by atoms with van der Waals surface area (Å²) in [6.07, 6.45) is 2.00. The highest BCUT2D eigenvalue weighted by atomic mass is 16.5. The number of methoxy groups -OCH3 is 1. The number of nitrogens with zero attached hydrogens (tertiary/aromatic N) is 1. The zero-order valence-corrected chi connectivity index (χ0v) is 12.1. The number of aliphatic hydroxyl groups excluding tert-OH is 1. The first-order valence-electron chi connectivity index (χ1n) is 6.57. The van der Waals surface area contributed by atoms with Crippen LogP contribution in [0.25, 0.3) is 0 Å². The van der Waals surface area contributed by atoms with Crippen molar-refractivity contribution in [3.63, 3.8) is 0 Å². The SMILES string of the molecule is CCC(CO)N/C=C(/C#N)C(=O)Nc1ccccc1OC. The number of hydrogen-bond acceptors (Lipinski definition) is 5. The molecule has 3 N–H and O–H groups in total. The van der Waals surface area contributed by atoms with E-state index in [1.807, 2.05) is 13.0 Å². The molecule has 0 heterocycles. The normalized spacial score (nSPS) is 12.2. The molecule has 0 aliphatic carbocycles. The van der Waals surface area contributed by atoms with Crippen LogP contribution in [0.1, 0.15) is 13.3 Å². The number of para-hydroxylation sites is 2. The first-order valence-corrected chi connectivity index (χ1v) is 6.57. The van der Waals surface area contributed by atoms with Crippen molar-refractivity contribution in [1.82, 2.24) is 5.32 Å². The van der Waals surface area contributed by atoms with E-state index in [9.17, 15) is 4.79 Å². The summed E-state index contributed by atoms with van der Waals surface area (Å²) in [5.41, 5.74) is 0.410. The summed E-state index contributed by atoms with van der Waals surface area (Å²) in [6, 6.07) is 8.57. The van der Waals surface area contributed by atoms with Crippen LogP contribution in [0.15, 0.2) is 36.0 Å². The summed E-state index contributed by atoms with van der Waals surface area (Å²) in [5.74, 6) is -0.0276. The minimum Gasteiger partial charge on any atom is -0.495 e. The number of benzene rings is 1. The highest BCUT2D eigenvalue weighted by Crippen LogP contribution is 2.23. The second-order valence-electron chi connectivity index (χ2n) is 4.28. The van der Waals surface area contributed by atoms with Crippen LogP contribution >= 0.6 is 0 Å². The summed E-state index contributed by atoms with van der Waals surface area (Å²) in [4.78, 5) is 12.0. The second kappa shape index (κ2) is 8.61. The van der Waals surface area contributed by atoms with Crippen molar-refractivity contribution in [3.05, 3.63) is 36.0 Å². The van der Waals surface area contributed by atoms with E-state index in [2.05, 4.69) is 10.6 Å². The van der Waals surface area contributed by atoms with E-state index in [1.165, 1.54) is 13.3 Å². The van der Waals surface area contributed by atoms with E-state index in [1.54, 1.807) is 24.3 Å². The molecule has 1 atom stereocenters. The number of anilines is 1. The zero-order valence-electron chi connectivity index (χ0n) is 12.1. The third-order valence-electron chi connectivity index (χ3n) is 2.90. The van der Waals surface area contributed by atoms with Gasteiger partial charge in [-0.2, -0.15) is 5.26 Å². The van der Waals surface area contributed by atoms with Gasteiger partial charge in [0.25, 0.3) is 5.91 Å². The molecule has 1 amide bonds. The molecule has 6 nitrogen and oxygen atoms in total. The topological polar surface area (TPSA) is 94.4 Å². The van der Waals surface area contributed by atoms with Crippen molar-refractivity contribution in [1.29, 1.82) is 5.26 Å². The van der Waals surface area contributed by atoms with Crippen LogP contribution in [-0.4, -0.2) is 30.8 Å². The molecule has 0 saturated carbocycles. The molecule has 0 spiro atoms. The maximum atomic E-state index is 12.0. The van der Waals surface area contributed by atoms with Crippen LogP contribution in [0.3, 0.4) is 0 Å². The van der Waals surface area contributed by atoms with Crippen LogP contribution < -0.4 is 15.4 Å². The van der Waals surface area contributed by atoms with Crippen LogP contribution in [0.2, 0.25) is 0 Å². The Balaban J connectivity index is 2.80. The van der Waals surface area contributed by atoms with E-state index in [0.29, 0.717) is 17.9 Å². The fourth-order valence-corrected chi connectivity index (χ4v) is 1.59. The number of nitrogens with one attached hydrogen (secondary N) is 2. The lowest BCUT2D eigenvalue weighted by Crippen LogP contribution is -2.28. The third-order valence-corrected chi connectivity index (χ3v) is 2.90. The average Bonchev–Trinajstić information content (AvgIpc) is 2.52. The molecule has 0 aliphatic rings. The van der Waals surface area contributed by atoms with Gasteiger partial charge in [-0.15, -0.1) is 0 Å². The van der Waals surface area contributed by atoms with Crippen LogP contribution in [0, 0.1) is 11.3 Å². The van der Waals surface area contributed by atoms with Crippen molar-refractivity contribution >= 4 is 11.6 Å². The minimum absolute atomic E-state index is 0.0696. The molecule has 112 valence electrons. The van der Waals surface area contributed by atoms with Crippen molar-refractivity contribution in [2.24, 2.45) is 0 Å². The number of aliphatic hydroxyl groups is 1. The van der Waals surface area contributed by atoms with Gasteiger partial charge >= 0.3 is 0 Å². The minimum atomic E-state index is -0.540.